The molecular weight excluding hydrogens is 676 g/mol. The molecule has 53 heavy (non-hydrogen) atoms. The Balaban J connectivity index is 0.967. The molecule has 6 heterocycles. The molecule has 15 nitrogen and oxygen atoms in total. The van der Waals surface area contributed by atoms with Gasteiger partial charge in [0.1, 0.15) is 34.7 Å². The van der Waals surface area contributed by atoms with E-state index in [0.717, 1.165) is 29.7 Å². The van der Waals surface area contributed by atoms with Crippen molar-refractivity contribution < 1.29 is 24.0 Å². The minimum absolute atomic E-state index is 0.0441. The Morgan fingerprint density at radius 3 is 2.58 bits per heavy atom. The summed E-state index contributed by atoms with van der Waals surface area (Å²) >= 11 is 0. The number of pyridine rings is 1. The fourth-order valence-electron chi connectivity index (χ4n) is 7.46. The molecule has 0 aliphatic carbocycles. The highest BCUT2D eigenvalue weighted by Gasteiger charge is 2.40. The van der Waals surface area contributed by atoms with E-state index >= 15 is 0 Å². The molecule has 268 valence electrons. The van der Waals surface area contributed by atoms with Crippen LogP contribution in [0.1, 0.15) is 70.2 Å². The van der Waals surface area contributed by atoms with Crippen LogP contribution in [-0.4, -0.2) is 77.8 Å². The molecule has 2 saturated heterocycles. The van der Waals surface area contributed by atoms with Gasteiger partial charge in [-0.1, -0.05) is 24.3 Å². The molecule has 0 radical (unpaired) electrons. The molecule has 2 fully saturated rings. The number of nitrogens with zero attached hydrogens (tertiary/aromatic N) is 6. The Kier molecular flexibility index (Phi) is 8.74. The van der Waals surface area contributed by atoms with Crippen LogP contribution in [0.4, 0.5) is 17.3 Å². The van der Waals surface area contributed by atoms with Crippen molar-refractivity contribution in [3.63, 3.8) is 0 Å². The van der Waals surface area contributed by atoms with Crippen molar-refractivity contribution >= 4 is 52.4 Å². The van der Waals surface area contributed by atoms with E-state index in [1.165, 1.54) is 4.90 Å². The van der Waals surface area contributed by atoms with Crippen molar-refractivity contribution in [2.75, 3.05) is 29.5 Å². The van der Waals surface area contributed by atoms with Crippen molar-refractivity contribution in [3.8, 4) is 11.3 Å². The quantitative estimate of drug-likeness (QED) is 0.164. The van der Waals surface area contributed by atoms with Crippen LogP contribution >= 0.6 is 0 Å². The first-order valence-electron chi connectivity index (χ1n) is 17.5. The number of benzene rings is 2. The molecule has 0 spiro atoms. The Morgan fingerprint density at radius 2 is 1.79 bits per heavy atom. The van der Waals surface area contributed by atoms with Crippen LogP contribution in [0.5, 0.6) is 0 Å². The van der Waals surface area contributed by atoms with Crippen molar-refractivity contribution in [1.29, 1.82) is 0 Å². The van der Waals surface area contributed by atoms with Gasteiger partial charge in [0.15, 0.2) is 0 Å². The molecule has 1 unspecified atom stereocenters. The van der Waals surface area contributed by atoms with Crippen LogP contribution < -0.4 is 21.7 Å². The highest BCUT2D eigenvalue weighted by Crippen LogP contribution is 2.37. The van der Waals surface area contributed by atoms with Gasteiger partial charge in [-0.2, -0.15) is 0 Å². The van der Waals surface area contributed by atoms with Crippen LogP contribution in [0.2, 0.25) is 0 Å². The number of imidazole rings is 1. The number of carbonyl (C=O) groups is 5. The molecule has 5 N–H and O–H groups in total. The summed E-state index contributed by atoms with van der Waals surface area (Å²) < 4.78 is 1.90. The van der Waals surface area contributed by atoms with Crippen LogP contribution in [0.15, 0.2) is 79.3 Å². The Hall–Kier alpha value is -6.64. The second kappa shape index (κ2) is 13.8. The second-order valence-corrected chi connectivity index (χ2v) is 13.2. The maximum Gasteiger partial charge on any atom is 0.256 e. The molecule has 3 aliphatic heterocycles. The van der Waals surface area contributed by atoms with E-state index in [0.29, 0.717) is 52.9 Å². The highest BCUT2D eigenvalue weighted by atomic mass is 16.2. The van der Waals surface area contributed by atoms with E-state index in [-0.39, 0.29) is 55.5 Å². The summed E-state index contributed by atoms with van der Waals surface area (Å²) in [6.07, 6.45) is 7.20. The number of fused-ring (bicyclic) bond motifs is 2. The zero-order valence-electron chi connectivity index (χ0n) is 28.6. The van der Waals surface area contributed by atoms with E-state index in [4.69, 9.17) is 10.7 Å². The summed E-state index contributed by atoms with van der Waals surface area (Å²) in [5, 5.41) is 8.46. The molecule has 2 atom stereocenters. The van der Waals surface area contributed by atoms with Gasteiger partial charge in [0.05, 0.1) is 6.04 Å². The number of imide groups is 1. The lowest BCUT2D eigenvalue weighted by atomic mass is 10.0. The number of piperidine rings is 1. The Morgan fingerprint density at radius 1 is 0.943 bits per heavy atom. The fourth-order valence-corrected chi connectivity index (χ4v) is 7.46. The van der Waals surface area contributed by atoms with E-state index in [1.807, 2.05) is 27.5 Å². The minimum Gasteiger partial charge on any atom is -0.384 e. The number of hydrogen-bond donors (Lipinski definition) is 4. The number of carbonyl (C=O) groups excluding carboxylic acids is 5. The molecule has 3 aromatic heterocycles. The summed E-state index contributed by atoms with van der Waals surface area (Å²) in [6, 6.07) is 16.7. The van der Waals surface area contributed by atoms with Gasteiger partial charge < -0.3 is 26.2 Å². The summed E-state index contributed by atoms with van der Waals surface area (Å²) in [7, 11) is 0. The predicted molar refractivity (Wildman–Crippen MR) is 194 cm³/mol. The number of hydrogen-bond acceptors (Lipinski definition) is 10. The van der Waals surface area contributed by atoms with E-state index in [1.54, 1.807) is 61.1 Å². The molecule has 8 rings (SSSR count). The van der Waals surface area contributed by atoms with Crippen molar-refractivity contribution in [2.45, 2.75) is 50.7 Å². The lowest BCUT2D eigenvalue weighted by molar-refractivity contribution is -0.137. The lowest BCUT2D eigenvalue weighted by Crippen LogP contribution is -2.52. The number of aromatic nitrogens is 4. The monoisotopic (exact) mass is 712 g/mol. The molecule has 5 amide bonds. The Bertz CT molecular complexity index is 2270. The van der Waals surface area contributed by atoms with Gasteiger partial charge in [0.2, 0.25) is 17.7 Å². The number of nitrogens with one attached hydrogen (secondary N) is 3. The van der Waals surface area contributed by atoms with Crippen LogP contribution in [0.25, 0.3) is 16.8 Å². The summed E-state index contributed by atoms with van der Waals surface area (Å²) in [4.78, 5) is 80.9. The van der Waals surface area contributed by atoms with Crippen LogP contribution in [-0.2, 0) is 20.9 Å². The van der Waals surface area contributed by atoms with Crippen molar-refractivity contribution in [2.24, 2.45) is 0 Å². The topological polar surface area (TPSA) is 197 Å². The number of anilines is 3. The maximum atomic E-state index is 13.8. The van der Waals surface area contributed by atoms with Gasteiger partial charge in [-0.15, -0.1) is 0 Å². The van der Waals surface area contributed by atoms with Crippen LogP contribution in [0.3, 0.4) is 0 Å². The highest BCUT2D eigenvalue weighted by molar-refractivity contribution is 6.06. The fraction of sp³-hybridized carbons (Fsp3) is 0.263. The number of rotatable bonds is 9. The van der Waals surface area contributed by atoms with Gasteiger partial charge in [-0.05, 0) is 55.7 Å². The van der Waals surface area contributed by atoms with Gasteiger partial charge in [-0.25, -0.2) is 15.0 Å². The van der Waals surface area contributed by atoms with Crippen molar-refractivity contribution in [1.82, 2.24) is 34.5 Å². The smallest absolute Gasteiger partial charge is 0.256 e. The number of amides is 5. The SMILES string of the molecule is Nc1nccn2c([C@@H]3CCCN3C(=O)CCNc3cccc4c3CN(C3CCC(=O)NC3=O)C4=O)nc(-c3ccc(C(=O)Nc4ccccn4)cc3)c12. The standard InChI is InChI=1S/C38H36N10O5/c39-34-33-32(22-9-11-23(12-10-22)36(51)43-29-8-1-2-16-41-29)45-35(47(33)20-18-42-34)27-7-4-19-46(27)31(50)15-17-40-26-6-3-5-24-25(26)21-48(38(24)53)28-13-14-30(49)44-37(28)52/h1-3,5-6,8-12,16,18,20,27-28,40H,4,7,13-15,17,19,21H2,(H2,39,42)(H,41,43,51)(H,44,49,52)/t27-,28?/m0/s1. The first kappa shape index (κ1) is 33.5. The summed E-state index contributed by atoms with van der Waals surface area (Å²) in [5.74, 6) is 0.0429. The van der Waals surface area contributed by atoms with Gasteiger partial charge in [-0.3, -0.25) is 33.7 Å². The average molecular weight is 713 g/mol. The first-order chi connectivity index (χ1) is 25.8. The second-order valence-electron chi connectivity index (χ2n) is 13.2. The normalized spacial score (nSPS) is 18.3. The number of nitrogen functional groups attached to an aromatic ring is 1. The molecule has 0 bridgehead atoms. The zero-order valence-corrected chi connectivity index (χ0v) is 28.6. The molecular formula is C38H36N10O5. The van der Waals surface area contributed by atoms with Crippen molar-refractivity contribution in [3.05, 3.63) is 102 Å². The lowest BCUT2D eigenvalue weighted by Gasteiger charge is -2.29. The van der Waals surface area contributed by atoms with E-state index < -0.39 is 11.9 Å². The third kappa shape index (κ3) is 6.30. The van der Waals surface area contributed by atoms with Gasteiger partial charge in [0, 0.05) is 79.0 Å². The number of likely N-dealkylation sites (tertiary alicyclic amines) is 1. The molecule has 2 aromatic carbocycles. The molecule has 3 aliphatic rings. The molecule has 5 aromatic rings. The number of nitrogens with two attached hydrogens (primary N) is 1. The van der Waals surface area contributed by atoms with E-state index in [2.05, 4.69) is 25.9 Å². The van der Waals surface area contributed by atoms with Gasteiger partial charge >= 0.3 is 0 Å². The third-order valence-electron chi connectivity index (χ3n) is 10.0. The molecule has 15 heteroatoms. The third-order valence-corrected chi connectivity index (χ3v) is 10.0. The van der Waals surface area contributed by atoms with E-state index in [9.17, 15) is 24.0 Å². The van der Waals surface area contributed by atoms with Gasteiger partial charge in [0.25, 0.3) is 11.8 Å². The molecule has 0 saturated carbocycles. The predicted octanol–water partition coefficient (Wildman–Crippen LogP) is 3.55. The average Bonchev–Trinajstić information content (AvgIpc) is 3.89. The van der Waals surface area contributed by atoms with Crippen LogP contribution in [0, 0.1) is 0 Å². The zero-order chi connectivity index (χ0) is 36.6. The Labute approximate surface area is 303 Å². The summed E-state index contributed by atoms with van der Waals surface area (Å²) in [5.41, 5.74) is 10.8. The maximum absolute atomic E-state index is 13.8. The minimum atomic E-state index is -0.705. The largest absolute Gasteiger partial charge is 0.384 e. The first-order valence-corrected chi connectivity index (χ1v) is 17.5. The summed E-state index contributed by atoms with van der Waals surface area (Å²) in [6.45, 7) is 1.14.